The van der Waals surface area contributed by atoms with E-state index in [1.807, 2.05) is 25.1 Å². The normalized spacial score (nSPS) is 13.3. The van der Waals surface area contributed by atoms with Crippen molar-refractivity contribution >= 4 is 33.0 Å². The van der Waals surface area contributed by atoms with Gasteiger partial charge in [0.1, 0.15) is 0 Å². The summed E-state index contributed by atoms with van der Waals surface area (Å²) in [7, 11) is -3.67. The Hall–Kier alpha value is -0.920. The summed E-state index contributed by atoms with van der Waals surface area (Å²) < 4.78 is 23.4. The van der Waals surface area contributed by atoms with Gasteiger partial charge in [0.15, 0.2) is 0 Å². The molecule has 7 heteroatoms. The van der Waals surface area contributed by atoms with Crippen LogP contribution in [0.25, 0.3) is 0 Å². The van der Waals surface area contributed by atoms with Crippen LogP contribution in [0.3, 0.4) is 0 Å². The van der Waals surface area contributed by atoms with Gasteiger partial charge in [-0.25, -0.2) is 13.6 Å². The monoisotopic (exact) mass is 330 g/mol. The van der Waals surface area contributed by atoms with Gasteiger partial charge in [0.05, 0.1) is 9.23 Å². The molecule has 1 aromatic heterocycles. The fraction of sp³-hybridized carbons (Fsp3) is 0.231. The highest BCUT2D eigenvalue weighted by atomic mass is 35.5. The summed E-state index contributed by atoms with van der Waals surface area (Å²) in [6.07, 6.45) is 0. The third-order valence-electron chi connectivity index (χ3n) is 2.90. The first-order chi connectivity index (χ1) is 9.36. The summed E-state index contributed by atoms with van der Waals surface area (Å²) in [4.78, 5) is 1.26. The molecule has 0 spiro atoms. The van der Waals surface area contributed by atoms with Crippen LogP contribution in [0.4, 0.5) is 0 Å². The number of thiophene rings is 1. The number of halogens is 1. The highest BCUT2D eigenvalue weighted by Crippen LogP contribution is 2.22. The molecule has 0 saturated carbocycles. The summed E-state index contributed by atoms with van der Waals surface area (Å²) in [6, 6.07) is 10.5. The number of rotatable bonds is 5. The van der Waals surface area contributed by atoms with Crippen molar-refractivity contribution in [1.29, 1.82) is 0 Å². The van der Waals surface area contributed by atoms with Crippen LogP contribution in [0, 0.1) is 0 Å². The van der Waals surface area contributed by atoms with E-state index >= 15 is 0 Å². The van der Waals surface area contributed by atoms with E-state index < -0.39 is 10.0 Å². The van der Waals surface area contributed by atoms with E-state index in [-0.39, 0.29) is 10.9 Å². The van der Waals surface area contributed by atoms with Crippen molar-refractivity contribution in [3.05, 3.63) is 51.2 Å². The minimum absolute atomic E-state index is 0.0116. The van der Waals surface area contributed by atoms with Crippen molar-refractivity contribution in [1.82, 2.24) is 5.32 Å². The standard InChI is InChI=1S/C13H15ClN2O2S2/c1-9(16-8-11-5-6-13(14)19-11)10-3-2-4-12(7-10)20(15,17)18/h2-7,9,16H,8H2,1H3,(H2,15,17,18). The molecular formula is C13H15ClN2O2S2. The molecule has 0 bridgehead atoms. The lowest BCUT2D eigenvalue weighted by Crippen LogP contribution is -2.18. The number of primary sulfonamides is 1. The second kappa shape index (κ2) is 6.24. The molecule has 0 aliphatic carbocycles. The quantitative estimate of drug-likeness (QED) is 0.885. The number of benzene rings is 1. The Balaban J connectivity index is 2.07. The van der Waals surface area contributed by atoms with E-state index in [9.17, 15) is 8.42 Å². The highest BCUT2D eigenvalue weighted by Gasteiger charge is 2.11. The van der Waals surface area contributed by atoms with E-state index in [4.69, 9.17) is 16.7 Å². The molecule has 108 valence electrons. The lowest BCUT2D eigenvalue weighted by atomic mass is 10.1. The summed E-state index contributed by atoms with van der Waals surface area (Å²) in [6.45, 7) is 2.65. The summed E-state index contributed by atoms with van der Waals surface area (Å²) >= 11 is 7.39. The van der Waals surface area contributed by atoms with Crippen LogP contribution in [0.1, 0.15) is 23.4 Å². The number of sulfonamides is 1. The molecule has 2 aromatic rings. The van der Waals surface area contributed by atoms with Gasteiger partial charge in [0, 0.05) is 17.5 Å². The molecule has 4 nitrogen and oxygen atoms in total. The van der Waals surface area contributed by atoms with Crippen LogP contribution in [-0.4, -0.2) is 8.42 Å². The van der Waals surface area contributed by atoms with Gasteiger partial charge in [-0.2, -0.15) is 0 Å². The first-order valence-electron chi connectivity index (χ1n) is 5.96. The molecule has 0 aliphatic rings. The minimum atomic E-state index is -3.67. The molecule has 0 amide bonds. The largest absolute Gasteiger partial charge is 0.305 e. The first-order valence-corrected chi connectivity index (χ1v) is 8.71. The molecule has 1 heterocycles. The fourth-order valence-corrected chi connectivity index (χ4v) is 3.39. The van der Waals surface area contributed by atoms with Crippen LogP contribution >= 0.6 is 22.9 Å². The van der Waals surface area contributed by atoms with Crippen LogP contribution in [0.2, 0.25) is 4.34 Å². The smallest absolute Gasteiger partial charge is 0.238 e. The van der Waals surface area contributed by atoms with Gasteiger partial charge in [-0.15, -0.1) is 11.3 Å². The second-order valence-electron chi connectivity index (χ2n) is 4.43. The number of nitrogens with one attached hydrogen (secondary N) is 1. The first kappa shape index (κ1) is 15.5. The topological polar surface area (TPSA) is 72.2 Å². The van der Waals surface area contributed by atoms with Gasteiger partial charge in [0.2, 0.25) is 10.0 Å². The van der Waals surface area contributed by atoms with Crippen molar-refractivity contribution in [3.63, 3.8) is 0 Å². The lowest BCUT2D eigenvalue weighted by molar-refractivity contribution is 0.576. The molecule has 0 fully saturated rings. The SMILES string of the molecule is CC(NCc1ccc(Cl)s1)c1cccc(S(N)(=O)=O)c1. The Morgan fingerprint density at radius 2 is 2.10 bits per heavy atom. The summed E-state index contributed by atoms with van der Waals surface area (Å²) in [5.74, 6) is 0. The van der Waals surface area contributed by atoms with E-state index in [1.54, 1.807) is 12.1 Å². The van der Waals surface area contributed by atoms with Gasteiger partial charge >= 0.3 is 0 Å². The third kappa shape index (κ3) is 4.04. The molecule has 1 aromatic carbocycles. The fourth-order valence-electron chi connectivity index (χ4n) is 1.78. The number of nitrogens with two attached hydrogens (primary N) is 1. The Labute approximate surface area is 127 Å². The van der Waals surface area contributed by atoms with Gasteiger partial charge in [-0.1, -0.05) is 23.7 Å². The second-order valence-corrected chi connectivity index (χ2v) is 7.79. The average Bonchev–Trinajstić information content (AvgIpc) is 2.81. The van der Waals surface area contributed by atoms with Crippen molar-refractivity contribution < 1.29 is 8.42 Å². The molecule has 0 saturated heterocycles. The molecule has 20 heavy (non-hydrogen) atoms. The maximum absolute atomic E-state index is 11.3. The number of hydrogen-bond donors (Lipinski definition) is 2. The van der Waals surface area contributed by atoms with Crippen molar-refractivity contribution in [2.24, 2.45) is 5.14 Å². The van der Waals surface area contributed by atoms with Crippen LogP contribution in [0.5, 0.6) is 0 Å². The van der Waals surface area contributed by atoms with Crippen molar-refractivity contribution in [2.45, 2.75) is 24.4 Å². The summed E-state index contributed by atoms with van der Waals surface area (Å²) in [5.41, 5.74) is 0.874. The van der Waals surface area contributed by atoms with E-state index in [0.29, 0.717) is 6.54 Å². The zero-order valence-corrected chi connectivity index (χ0v) is 13.2. The molecule has 3 N–H and O–H groups in total. The van der Waals surface area contributed by atoms with Gasteiger partial charge in [-0.05, 0) is 36.8 Å². The Morgan fingerprint density at radius 3 is 2.70 bits per heavy atom. The molecule has 0 aliphatic heterocycles. The predicted molar refractivity (Wildman–Crippen MR) is 82.4 cm³/mol. The molecule has 2 rings (SSSR count). The molecular weight excluding hydrogens is 316 g/mol. The van der Waals surface area contributed by atoms with Gasteiger partial charge in [-0.3, -0.25) is 0 Å². The van der Waals surface area contributed by atoms with Gasteiger partial charge in [0.25, 0.3) is 0 Å². The van der Waals surface area contributed by atoms with E-state index in [0.717, 1.165) is 14.8 Å². The molecule has 1 unspecified atom stereocenters. The minimum Gasteiger partial charge on any atom is -0.305 e. The van der Waals surface area contributed by atoms with Gasteiger partial charge < -0.3 is 5.32 Å². The maximum Gasteiger partial charge on any atom is 0.238 e. The zero-order valence-electron chi connectivity index (χ0n) is 10.8. The van der Waals surface area contributed by atoms with Crippen LogP contribution in [-0.2, 0) is 16.6 Å². The third-order valence-corrected chi connectivity index (χ3v) is 5.04. The summed E-state index contributed by atoms with van der Waals surface area (Å²) in [5, 5.41) is 8.46. The Bertz CT molecular complexity index is 698. The Kier molecular flexibility index (Phi) is 4.82. The van der Waals surface area contributed by atoms with Crippen LogP contribution in [0.15, 0.2) is 41.3 Å². The lowest BCUT2D eigenvalue weighted by Gasteiger charge is -2.14. The zero-order chi connectivity index (χ0) is 14.8. The number of hydrogen-bond acceptors (Lipinski definition) is 4. The molecule has 1 atom stereocenters. The highest BCUT2D eigenvalue weighted by molar-refractivity contribution is 7.89. The van der Waals surface area contributed by atoms with E-state index in [1.165, 1.54) is 17.4 Å². The van der Waals surface area contributed by atoms with E-state index in [2.05, 4.69) is 5.32 Å². The van der Waals surface area contributed by atoms with Crippen LogP contribution < -0.4 is 10.5 Å². The Morgan fingerprint density at radius 1 is 1.35 bits per heavy atom. The average molecular weight is 331 g/mol. The molecule has 0 radical (unpaired) electrons. The maximum atomic E-state index is 11.3. The van der Waals surface area contributed by atoms with Crippen molar-refractivity contribution in [3.8, 4) is 0 Å². The predicted octanol–water partition coefficient (Wildman–Crippen LogP) is 2.90. The van der Waals surface area contributed by atoms with Crippen molar-refractivity contribution in [2.75, 3.05) is 0 Å².